The third-order valence-corrected chi connectivity index (χ3v) is 5.86. The summed E-state index contributed by atoms with van der Waals surface area (Å²) in [6.45, 7) is 6.22. The molecule has 2 N–H and O–H groups in total. The Morgan fingerprint density at radius 2 is 1.88 bits per heavy atom. The number of benzene rings is 1. The fourth-order valence-electron chi connectivity index (χ4n) is 4.31. The first-order chi connectivity index (χ1) is 11.8. The average molecular weight is 329 g/mol. The summed E-state index contributed by atoms with van der Waals surface area (Å²) in [7, 11) is 0. The van der Waals surface area contributed by atoms with Crippen molar-refractivity contribution in [3.63, 3.8) is 0 Å². The van der Waals surface area contributed by atoms with Gasteiger partial charge < -0.3 is 20.3 Å². The molecule has 1 amide bonds. The minimum atomic E-state index is -0.292. The van der Waals surface area contributed by atoms with Gasteiger partial charge in [0, 0.05) is 25.7 Å². The van der Waals surface area contributed by atoms with Gasteiger partial charge in [0.15, 0.2) is 0 Å². The van der Waals surface area contributed by atoms with Gasteiger partial charge in [-0.2, -0.15) is 0 Å². The maximum absolute atomic E-state index is 11.9. The second-order valence-electron chi connectivity index (χ2n) is 7.43. The van der Waals surface area contributed by atoms with Crippen LogP contribution < -0.4 is 10.6 Å². The Kier molecular flexibility index (Phi) is 4.72. The van der Waals surface area contributed by atoms with E-state index in [4.69, 9.17) is 4.74 Å². The maximum Gasteiger partial charge on any atom is 0.407 e. The smallest absolute Gasteiger partial charge is 0.407 e. The van der Waals surface area contributed by atoms with E-state index < -0.39 is 0 Å². The zero-order chi connectivity index (χ0) is 16.4. The molecule has 2 aliphatic heterocycles. The van der Waals surface area contributed by atoms with E-state index >= 15 is 0 Å². The van der Waals surface area contributed by atoms with Gasteiger partial charge in [0.05, 0.1) is 0 Å². The Balaban J connectivity index is 1.13. The first-order valence-corrected chi connectivity index (χ1v) is 9.20. The molecule has 1 aromatic rings. The fourth-order valence-corrected chi connectivity index (χ4v) is 4.31. The molecule has 1 aliphatic carbocycles. The molecular formula is C19H27N3O2. The number of piperidine rings is 2. The Labute approximate surface area is 143 Å². The molecule has 0 spiro atoms. The van der Waals surface area contributed by atoms with Gasteiger partial charge >= 0.3 is 6.09 Å². The molecule has 2 saturated heterocycles. The molecular weight excluding hydrogens is 302 g/mol. The number of carbonyl (C=O) groups excluding carboxylic acids is 1. The molecule has 3 fully saturated rings. The maximum atomic E-state index is 11.9. The molecule has 1 unspecified atom stereocenters. The lowest BCUT2D eigenvalue weighted by molar-refractivity contribution is 0.125. The molecule has 3 atom stereocenters. The number of carbonyl (C=O) groups is 1. The Bertz CT molecular complexity index is 547. The lowest BCUT2D eigenvalue weighted by atomic mass is 10.0. The second kappa shape index (κ2) is 7.11. The number of alkyl carbamates (subject to hydrolysis) is 1. The van der Waals surface area contributed by atoms with Crippen LogP contribution in [0.25, 0.3) is 0 Å². The molecule has 130 valence electrons. The summed E-state index contributed by atoms with van der Waals surface area (Å²) < 4.78 is 5.31. The number of likely N-dealkylation sites (tertiary alicyclic amines) is 1. The van der Waals surface area contributed by atoms with Gasteiger partial charge in [-0.25, -0.2) is 4.79 Å². The second-order valence-corrected chi connectivity index (χ2v) is 7.43. The van der Waals surface area contributed by atoms with Crippen molar-refractivity contribution in [3.05, 3.63) is 35.9 Å². The summed E-state index contributed by atoms with van der Waals surface area (Å²) in [5.41, 5.74) is 1.02. The molecule has 1 saturated carbocycles. The van der Waals surface area contributed by atoms with Gasteiger partial charge in [0.2, 0.25) is 0 Å². The van der Waals surface area contributed by atoms with Crippen molar-refractivity contribution >= 4 is 6.09 Å². The van der Waals surface area contributed by atoms with E-state index in [0.29, 0.717) is 6.61 Å². The summed E-state index contributed by atoms with van der Waals surface area (Å²) in [6, 6.07) is 10.1. The van der Waals surface area contributed by atoms with Crippen LogP contribution in [0, 0.1) is 17.8 Å². The van der Waals surface area contributed by atoms with Crippen LogP contribution in [-0.4, -0.2) is 49.8 Å². The van der Waals surface area contributed by atoms with Crippen molar-refractivity contribution in [2.24, 2.45) is 17.8 Å². The van der Waals surface area contributed by atoms with Crippen molar-refractivity contribution < 1.29 is 9.53 Å². The zero-order valence-electron chi connectivity index (χ0n) is 14.1. The highest BCUT2D eigenvalue weighted by atomic mass is 16.5. The van der Waals surface area contributed by atoms with E-state index in [0.717, 1.165) is 49.2 Å². The molecule has 0 bridgehead atoms. The number of ether oxygens (including phenoxy) is 1. The first-order valence-electron chi connectivity index (χ1n) is 9.20. The first kappa shape index (κ1) is 15.9. The van der Waals surface area contributed by atoms with Gasteiger partial charge in [-0.1, -0.05) is 30.3 Å². The molecule has 2 heterocycles. The minimum Gasteiger partial charge on any atom is -0.445 e. The quantitative estimate of drug-likeness (QED) is 0.865. The van der Waals surface area contributed by atoms with Crippen LogP contribution in [0.15, 0.2) is 30.3 Å². The van der Waals surface area contributed by atoms with Crippen LogP contribution in [0.2, 0.25) is 0 Å². The van der Waals surface area contributed by atoms with Crippen molar-refractivity contribution in [1.82, 2.24) is 15.5 Å². The van der Waals surface area contributed by atoms with Crippen LogP contribution in [-0.2, 0) is 11.3 Å². The van der Waals surface area contributed by atoms with E-state index in [1.807, 2.05) is 30.3 Å². The van der Waals surface area contributed by atoms with E-state index in [2.05, 4.69) is 15.5 Å². The molecule has 1 aromatic carbocycles. The zero-order valence-corrected chi connectivity index (χ0v) is 14.1. The standard InChI is InChI=1S/C19H27N3O2/c23-19(24-13-14-4-2-1-3-5-14)21-15-6-8-22(9-7-15)12-18-16-10-20-11-17(16)18/h1-5,15-18,20H,6-13H2,(H,21,23)/t16-,17+,18?. The largest absolute Gasteiger partial charge is 0.445 e. The normalized spacial score (nSPS) is 29.9. The Morgan fingerprint density at radius 3 is 2.58 bits per heavy atom. The average Bonchev–Trinajstić information content (AvgIpc) is 3.04. The molecule has 0 aromatic heterocycles. The number of hydrogen-bond donors (Lipinski definition) is 2. The van der Waals surface area contributed by atoms with Crippen molar-refractivity contribution in [3.8, 4) is 0 Å². The van der Waals surface area contributed by atoms with Crippen LogP contribution in [0.4, 0.5) is 4.79 Å². The number of nitrogens with zero attached hydrogens (tertiary/aromatic N) is 1. The third-order valence-electron chi connectivity index (χ3n) is 5.86. The number of rotatable bonds is 5. The van der Waals surface area contributed by atoms with Crippen molar-refractivity contribution in [2.75, 3.05) is 32.7 Å². The number of fused-ring (bicyclic) bond motifs is 1. The van der Waals surface area contributed by atoms with Crippen LogP contribution in [0.5, 0.6) is 0 Å². The fraction of sp³-hybridized carbons (Fsp3) is 0.632. The number of amides is 1. The number of nitrogens with one attached hydrogen (secondary N) is 2. The highest BCUT2D eigenvalue weighted by Crippen LogP contribution is 2.49. The highest BCUT2D eigenvalue weighted by Gasteiger charge is 2.52. The van der Waals surface area contributed by atoms with Gasteiger partial charge in [0.25, 0.3) is 0 Å². The Hall–Kier alpha value is -1.59. The molecule has 5 heteroatoms. The van der Waals surface area contributed by atoms with Gasteiger partial charge in [-0.05, 0) is 49.2 Å². The molecule has 4 rings (SSSR count). The number of hydrogen-bond acceptors (Lipinski definition) is 4. The lowest BCUT2D eigenvalue weighted by Gasteiger charge is -2.32. The van der Waals surface area contributed by atoms with E-state index in [-0.39, 0.29) is 12.1 Å². The summed E-state index contributed by atoms with van der Waals surface area (Å²) >= 11 is 0. The predicted molar refractivity (Wildman–Crippen MR) is 92.6 cm³/mol. The van der Waals surface area contributed by atoms with E-state index in [1.54, 1.807) is 0 Å². The molecule has 5 nitrogen and oxygen atoms in total. The molecule has 24 heavy (non-hydrogen) atoms. The monoisotopic (exact) mass is 329 g/mol. The van der Waals surface area contributed by atoms with Gasteiger partial charge in [0.1, 0.15) is 6.61 Å². The summed E-state index contributed by atoms with van der Waals surface area (Å²) in [4.78, 5) is 14.5. The molecule has 3 aliphatic rings. The van der Waals surface area contributed by atoms with Gasteiger partial charge in [-0.3, -0.25) is 0 Å². The van der Waals surface area contributed by atoms with Gasteiger partial charge in [-0.15, -0.1) is 0 Å². The molecule has 0 radical (unpaired) electrons. The summed E-state index contributed by atoms with van der Waals surface area (Å²) in [6.07, 6.45) is 1.77. The summed E-state index contributed by atoms with van der Waals surface area (Å²) in [5.74, 6) is 2.80. The van der Waals surface area contributed by atoms with Crippen molar-refractivity contribution in [1.29, 1.82) is 0 Å². The van der Waals surface area contributed by atoms with Crippen LogP contribution in [0.1, 0.15) is 18.4 Å². The van der Waals surface area contributed by atoms with Crippen LogP contribution in [0.3, 0.4) is 0 Å². The van der Waals surface area contributed by atoms with Crippen molar-refractivity contribution in [2.45, 2.75) is 25.5 Å². The van der Waals surface area contributed by atoms with E-state index in [9.17, 15) is 4.79 Å². The highest BCUT2D eigenvalue weighted by molar-refractivity contribution is 5.67. The summed E-state index contributed by atoms with van der Waals surface area (Å²) in [5, 5.41) is 6.48. The predicted octanol–water partition coefficient (Wildman–Crippen LogP) is 1.84. The van der Waals surface area contributed by atoms with Crippen LogP contribution >= 0.6 is 0 Å². The SMILES string of the molecule is O=C(NC1CCN(CC2[C@H]3CNC[C@@H]23)CC1)OCc1ccccc1. The third kappa shape index (κ3) is 3.73. The lowest BCUT2D eigenvalue weighted by Crippen LogP contribution is -2.45. The topological polar surface area (TPSA) is 53.6 Å². The van der Waals surface area contributed by atoms with E-state index in [1.165, 1.54) is 19.6 Å². The minimum absolute atomic E-state index is 0.255. The Morgan fingerprint density at radius 1 is 1.17 bits per heavy atom.